The van der Waals surface area contributed by atoms with Gasteiger partial charge in [0.25, 0.3) is 0 Å². The molecule has 124 valence electrons. The lowest BCUT2D eigenvalue weighted by atomic mass is 10.1. The van der Waals surface area contributed by atoms with Crippen LogP contribution in [-0.4, -0.2) is 48.7 Å². The molecule has 0 saturated carbocycles. The Morgan fingerprint density at radius 2 is 2.09 bits per heavy atom. The summed E-state index contributed by atoms with van der Waals surface area (Å²) in [6.45, 7) is 2.27. The topological polar surface area (TPSA) is 84.9 Å². The van der Waals surface area contributed by atoms with Crippen LogP contribution in [0, 0.1) is 0 Å². The van der Waals surface area contributed by atoms with Gasteiger partial charge in [-0.05, 0) is 31.2 Å². The fourth-order valence-electron chi connectivity index (χ4n) is 2.09. The van der Waals surface area contributed by atoms with E-state index < -0.39 is 24.0 Å². The van der Waals surface area contributed by atoms with E-state index in [0.29, 0.717) is 5.69 Å². The maximum atomic E-state index is 12.2. The molecule has 2 amide bonds. The number of hydrogen-bond acceptors (Lipinski definition) is 6. The molecule has 2 rings (SSSR count). The summed E-state index contributed by atoms with van der Waals surface area (Å²) in [6.07, 6.45) is -0.870. The van der Waals surface area contributed by atoms with Crippen molar-refractivity contribution in [1.82, 2.24) is 4.90 Å². The first kappa shape index (κ1) is 17.3. The summed E-state index contributed by atoms with van der Waals surface area (Å²) >= 11 is 3.33. The molecule has 23 heavy (non-hydrogen) atoms. The second kappa shape index (κ2) is 7.96. The van der Waals surface area contributed by atoms with Crippen LogP contribution in [0.25, 0.3) is 0 Å². The minimum absolute atomic E-state index is 0.175. The van der Waals surface area contributed by atoms with E-state index in [1.54, 1.807) is 19.1 Å². The Morgan fingerprint density at radius 3 is 2.65 bits per heavy atom. The Bertz CT molecular complexity index is 590. The average Bonchev–Trinajstić information content (AvgIpc) is 2.95. The molecule has 1 fully saturated rings. The number of ether oxygens (including phenoxy) is 2. The fraction of sp³-hybridized carbons (Fsp3) is 0.400. The van der Waals surface area contributed by atoms with Crippen molar-refractivity contribution in [1.29, 1.82) is 0 Å². The molecule has 1 saturated heterocycles. The minimum Gasteiger partial charge on any atom is -0.464 e. The predicted molar refractivity (Wildman–Crippen MR) is 85.9 cm³/mol. The third-order valence-electron chi connectivity index (χ3n) is 3.20. The van der Waals surface area contributed by atoms with E-state index in [9.17, 15) is 14.4 Å². The second-order valence-electron chi connectivity index (χ2n) is 4.82. The number of carbonyl (C=O) groups excluding carboxylic acids is 3. The normalized spacial score (nSPS) is 15.0. The first-order valence-electron chi connectivity index (χ1n) is 7.17. The zero-order chi connectivity index (χ0) is 16.8. The van der Waals surface area contributed by atoms with Crippen LogP contribution < -0.4 is 5.32 Å². The maximum Gasteiger partial charge on any atom is 0.416 e. The van der Waals surface area contributed by atoms with Gasteiger partial charge in [0, 0.05) is 10.2 Å². The van der Waals surface area contributed by atoms with E-state index in [0.717, 1.165) is 9.37 Å². The molecule has 8 heteroatoms. The average molecular weight is 385 g/mol. The number of halogens is 1. The number of amides is 2. The summed E-state index contributed by atoms with van der Waals surface area (Å²) in [7, 11) is 0. The summed E-state index contributed by atoms with van der Waals surface area (Å²) < 4.78 is 10.6. The lowest BCUT2D eigenvalue weighted by Crippen LogP contribution is -2.40. The van der Waals surface area contributed by atoms with Crippen molar-refractivity contribution in [2.45, 2.75) is 19.4 Å². The summed E-state index contributed by atoms with van der Waals surface area (Å²) in [6, 6.07) is 6.28. The number of anilines is 1. The number of cyclic esters (lactones) is 1. The molecule has 1 N–H and O–H groups in total. The largest absolute Gasteiger partial charge is 0.464 e. The van der Waals surface area contributed by atoms with E-state index in [2.05, 4.69) is 21.2 Å². The molecular weight excluding hydrogens is 368 g/mol. The molecule has 1 aliphatic heterocycles. The number of imide groups is 1. The SMILES string of the molecule is CCOC(=O)C(CC(=O)N1CCOC1=O)Nc1ccc(Br)cc1. The van der Waals surface area contributed by atoms with Gasteiger partial charge in [-0.15, -0.1) is 0 Å². The molecule has 0 radical (unpaired) electrons. The summed E-state index contributed by atoms with van der Waals surface area (Å²) in [5, 5.41) is 2.97. The Balaban J connectivity index is 2.07. The van der Waals surface area contributed by atoms with Crippen molar-refractivity contribution in [3.63, 3.8) is 0 Å². The van der Waals surface area contributed by atoms with Gasteiger partial charge in [-0.2, -0.15) is 0 Å². The van der Waals surface area contributed by atoms with E-state index in [1.807, 2.05) is 12.1 Å². The van der Waals surface area contributed by atoms with Gasteiger partial charge >= 0.3 is 12.1 Å². The van der Waals surface area contributed by atoms with Gasteiger partial charge in [-0.25, -0.2) is 14.5 Å². The van der Waals surface area contributed by atoms with Crippen molar-refractivity contribution in [2.75, 3.05) is 25.1 Å². The molecule has 0 spiro atoms. The third kappa shape index (κ3) is 4.69. The highest BCUT2D eigenvalue weighted by molar-refractivity contribution is 9.10. The van der Waals surface area contributed by atoms with Crippen LogP contribution in [-0.2, 0) is 19.1 Å². The van der Waals surface area contributed by atoms with Crippen molar-refractivity contribution in [3.8, 4) is 0 Å². The van der Waals surface area contributed by atoms with Gasteiger partial charge < -0.3 is 14.8 Å². The van der Waals surface area contributed by atoms with Crippen molar-refractivity contribution < 1.29 is 23.9 Å². The van der Waals surface area contributed by atoms with Crippen LogP contribution in [0.2, 0.25) is 0 Å². The molecule has 0 aliphatic carbocycles. The first-order valence-corrected chi connectivity index (χ1v) is 7.96. The lowest BCUT2D eigenvalue weighted by Gasteiger charge is -2.20. The maximum absolute atomic E-state index is 12.2. The standard InChI is InChI=1S/C15H17BrN2O5/c1-2-22-14(20)12(17-11-5-3-10(16)4-6-11)9-13(19)18-7-8-23-15(18)21/h3-6,12,17H,2,7-9H2,1H3. The highest BCUT2D eigenvalue weighted by Crippen LogP contribution is 2.17. The molecule has 1 atom stereocenters. The van der Waals surface area contributed by atoms with Gasteiger partial charge in [0.2, 0.25) is 5.91 Å². The number of hydrogen-bond donors (Lipinski definition) is 1. The zero-order valence-corrected chi connectivity index (χ0v) is 14.2. The summed E-state index contributed by atoms with van der Waals surface area (Å²) in [5.74, 6) is -1.02. The number of esters is 1. The molecule has 0 bridgehead atoms. The molecule has 1 aliphatic rings. The Morgan fingerprint density at radius 1 is 1.39 bits per heavy atom. The van der Waals surface area contributed by atoms with Gasteiger partial charge in [-0.1, -0.05) is 15.9 Å². The Labute approximate surface area is 142 Å². The lowest BCUT2D eigenvalue weighted by molar-refractivity contribution is -0.146. The van der Waals surface area contributed by atoms with E-state index in [1.165, 1.54) is 0 Å². The zero-order valence-electron chi connectivity index (χ0n) is 12.6. The molecule has 1 aromatic carbocycles. The first-order chi connectivity index (χ1) is 11.0. The number of nitrogens with one attached hydrogen (secondary N) is 1. The molecule has 7 nitrogen and oxygen atoms in total. The highest BCUT2D eigenvalue weighted by Gasteiger charge is 2.32. The summed E-state index contributed by atoms with van der Waals surface area (Å²) in [4.78, 5) is 36.7. The van der Waals surface area contributed by atoms with E-state index in [4.69, 9.17) is 9.47 Å². The number of benzene rings is 1. The van der Waals surface area contributed by atoms with Gasteiger partial charge in [-0.3, -0.25) is 4.79 Å². The minimum atomic E-state index is -0.878. The van der Waals surface area contributed by atoms with Crippen molar-refractivity contribution in [3.05, 3.63) is 28.7 Å². The molecule has 0 aromatic heterocycles. The fourth-order valence-corrected chi connectivity index (χ4v) is 2.35. The Kier molecular flexibility index (Phi) is 5.97. The van der Waals surface area contributed by atoms with Crippen LogP contribution in [0.3, 0.4) is 0 Å². The molecule has 1 heterocycles. The van der Waals surface area contributed by atoms with E-state index in [-0.39, 0.29) is 26.2 Å². The smallest absolute Gasteiger partial charge is 0.416 e. The van der Waals surface area contributed by atoms with Crippen molar-refractivity contribution >= 4 is 39.6 Å². The molecule has 1 aromatic rings. The van der Waals surface area contributed by atoms with Gasteiger partial charge in [0.1, 0.15) is 12.6 Å². The molecular formula is C15H17BrN2O5. The summed E-state index contributed by atoms with van der Waals surface area (Å²) in [5.41, 5.74) is 0.669. The second-order valence-corrected chi connectivity index (χ2v) is 5.74. The predicted octanol–water partition coefficient (Wildman–Crippen LogP) is 2.16. The van der Waals surface area contributed by atoms with Crippen molar-refractivity contribution in [2.24, 2.45) is 0 Å². The molecule has 1 unspecified atom stereocenters. The van der Waals surface area contributed by atoms with E-state index >= 15 is 0 Å². The van der Waals surface area contributed by atoms with Crippen LogP contribution >= 0.6 is 15.9 Å². The number of nitrogens with zero attached hydrogens (tertiary/aromatic N) is 1. The van der Waals surface area contributed by atoms with Crippen LogP contribution in [0.4, 0.5) is 10.5 Å². The van der Waals surface area contributed by atoms with Crippen LogP contribution in [0.1, 0.15) is 13.3 Å². The number of rotatable bonds is 6. The highest BCUT2D eigenvalue weighted by atomic mass is 79.9. The third-order valence-corrected chi connectivity index (χ3v) is 3.73. The number of carbonyl (C=O) groups is 3. The van der Waals surface area contributed by atoms with Gasteiger partial charge in [0.05, 0.1) is 19.6 Å². The van der Waals surface area contributed by atoms with Crippen LogP contribution in [0.5, 0.6) is 0 Å². The quantitative estimate of drug-likeness (QED) is 0.756. The Hall–Kier alpha value is -2.09. The monoisotopic (exact) mass is 384 g/mol. The van der Waals surface area contributed by atoms with Gasteiger partial charge in [0.15, 0.2) is 0 Å². The van der Waals surface area contributed by atoms with Crippen LogP contribution in [0.15, 0.2) is 28.7 Å².